The largest absolute Gasteiger partial charge is 0.497 e. The van der Waals surface area contributed by atoms with E-state index in [1.54, 1.807) is 20.3 Å². The molecule has 7 nitrogen and oxygen atoms in total. The van der Waals surface area contributed by atoms with Crippen molar-refractivity contribution in [3.63, 3.8) is 0 Å². The second-order valence-electron chi connectivity index (χ2n) is 7.81. The molecule has 1 amide bonds. The highest BCUT2D eigenvalue weighted by Crippen LogP contribution is 2.32. The van der Waals surface area contributed by atoms with Gasteiger partial charge in [-0.15, -0.1) is 10.2 Å². The highest BCUT2D eigenvalue weighted by atomic mass is 35.5. The van der Waals surface area contributed by atoms with Crippen LogP contribution in [0.1, 0.15) is 12.0 Å². The van der Waals surface area contributed by atoms with E-state index in [4.69, 9.17) is 26.1 Å². The van der Waals surface area contributed by atoms with Crippen LogP contribution in [0.5, 0.6) is 11.5 Å². The lowest BCUT2D eigenvalue weighted by Gasteiger charge is -2.11. The van der Waals surface area contributed by atoms with Gasteiger partial charge in [-0.3, -0.25) is 4.79 Å². The number of halogens is 1. The maximum Gasteiger partial charge on any atom is 0.225 e. The Kier molecular flexibility index (Phi) is 8.40. The summed E-state index contributed by atoms with van der Waals surface area (Å²) < 4.78 is 10.6. The number of methoxy groups -OCH3 is 2. The molecule has 0 radical (unpaired) electrons. The van der Waals surface area contributed by atoms with E-state index in [0.717, 1.165) is 28.2 Å². The molecule has 4 aromatic rings. The van der Waals surface area contributed by atoms with E-state index in [0.29, 0.717) is 33.0 Å². The molecule has 184 valence electrons. The minimum Gasteiger partial charge on any atom is -0.497 e. The molecule has 0 aliphatic carbocycles. The summed E-state index contributed by atoms with van der Waals surface area (Å²) in [4.78, 5) is 17.3. The van der Waals surface area contributed by atoms with E-state index in [1.807, 2.05) is 67.6 Å². The molecule has 4 rings (SSSR count). The molecule has 3 aromatic carbocycles. The van der Waals surface area contributed by atoms with Gasteiger partial charge in [0.1, 0.15) is 22.9 Å². The van der Waals surface area contributed by atoms with Crippen LogP contribution < -0.4 is 14.8 Å². The zero-order valence-corrected chi connectivity index (χ0v) is 21.7. The zero-order valence-electron chi connectivity index (χ0n) is 20.1. The summed E-state index contributed by atoms with van der Waals surface area (Å²) in [5.41, 5.74) is 4.65. The van der Waals surface area contributed by atoms with Gasteiger partial charge >= 0.3 is 0 Å². The fourth-order valence-corrected chi connectivity index (χ4v) is 4.36. The number of anilines is 1. The number of carbonyl (C=O) groups is 1. The van der Waals surface area contributed by atoms with Gasteiger partial charge in [0, 0.05) is 34.0 Å². The van der Waals surface area contributed by atoms with E-state index in [9.17, 15) is 4.79 Å². The monoisotopic (exact) mass is 520 g/mol. The van der Waals surface area contributed by atoms with Crippen LogP contribution in [0.3, 0.4) is 0 Å². The Morgan fingerprint density at radius 3 is 2.11 bits per heavy atom. The van der Waals surface area contributed by atoms with E-state index >= 15 is 0 Å². The third kappa shape index (κ3) is 6.13. The number of hydrogen-bond donors (Lipinski definition) is 1. The van der Waals surface area contributed by atoms with Gasteiger partial charge in [0.2, 0.25) is 11.1 Å². The molecule has 0 bridgehead atoms. The second-order valence-corrected chi connectivity index (χ2v) is 9.28. The maximum atomic E-state index is 12.5. The van der Waals surface area contributed by atoms with Gasteiger partial charge in [0.05, 0.1) is 14.2 Å². The van der Waals surface area contributed by atoms with Gasteiger partial charge in [-0.2, -0.15) is 0 Å². The average Bonchev–Trinajstić information content (AvgIpc) is 2.91. The molecular formula is C27H25ClN4O3S. The van der Waals surface area contributed by atoms with Crippen LogP contribution in [0, 0.1) is 6.92 Å². The molecule has 0 saturated carbocycles. The first kappa shape index (κ1) is 25.5. The van der Waals surface area contributed by atoms with Crippen molar-refractivity contribution in [2.45, 2.75) is 18.5 Å². The van der Waals surface area contributed by atoms with Crippen molar-refractivity contribution in [1.29, 1.82) is 0 Å². The molecule has 1 N–H and O–H groups in total. The molecule has 1 aromatic heterocycles. The molecule has 36 heavy (non-hydrogen) atoms. The minimum atomic E-state index is -0.106. The Morgan fingerprint density at radius 1 is 0.889 bits per heavy atom. The topological polar surface area (TPSA) is 86.2 Å². The number of carbonyl (C=O) groups excluding carboxylic acids is 1. The fraction of sp³-hybridized carbons (Fsp3) is 0.185. The molecule has 1 heterocycles. The second kappa shape index (κ2) is 11.9. The van der Waals surface area contributed by atoms with Crippen LogP contribution in [0.2, 0.25) is 5.02 Å². The van der Waals surface area contributed by atoms with Crippen LogP contribution in [0.15, 0.2) is 71.9 Å². The quantitative estimate of drug-likeness (QED) is 0.259. The van der Waals surface area contributed by atoms with Gasteiger partial charge in [-0.1, -0.05) is 29.4 Å². The predicted molar refractivity (Wildman–Crippen MR) is 144 cm³/mol. The number of amides is 1. The van der Waals surface area contributed by atoms with Crippen molar-refractivity contribution in [3.8, 4) is 34.0 Å². The van der Waals surface area contributed by atoms with Crippen molar-refractivity contribution in [2.75, 3.05) is 25.3 Å². The van der Waals surface area contributed by atoms with Crippen LogP contribution in [0.25, 0.3) is 22.5 Å². The summed E-state index contributed by atoms with van der Waals surface area (Å²) in [5.74, 6) is 1.90. The SMILES string of the molecule is COc1ccc(-c2nnc(SCCC(=O)Nc3cccc(Cl)c3C)nc2-c2ccc(OC)cc2)cc1. The first-order chi connectivity index (χ1) is 17.5. The van der Waals surface area contributed by atoms with Crippen molar-refractivity contribution in [2.24, 2.45) is 0 Å². The summed E-state index contributed by atoms with van der Waals surface area (Å²) in [5, 5.41) is 12.8. The molecule has 9 heteroatoms. The normalized spacial score (nSPS) is 10.7. The summed E-state index contributed by atoms with van der Waals surface area (Å²) in [6.45, 7) is 1.87. The number of hydrogen-bond acceptors (Lipinski definition) is 7. The minimum absolute atomic E-state index is 0.106. The molecule has 0 aliphatic rings. The van der Waals surface area contributed by atoms with Crippen molar-refractivity contribution < 1.29 is 14.3 Å². The maximum absolute atomic E-state index is 12.5. The van der Waals surface area contributed by atoms with Crippen LogP contribution in [0.4, 0.5) is 5.69 Å². The highest BCUT2D eigenvalue weighted by molar-refractivity contribution is 7.99. The molecule has 0 aliphatic heterocycles. The first-order valence-electron chi connectivity index (χ1n) is 11.2. The summed E-state index contributed by atoms with van der Waals surface area (Å²) >= 11 is 7.52. The number of aromatic nitrogens is 3. The van der Waals surface area contributed by atoms with E-state index in [-0.39, 0.29) is 12.3 Å². The molecule has 0 saturated heterocycles. The van der Waals surface area contributed by atoms with E-state index < -0.39 is 0 Å². The van der Waals surface area contributed by atoms with Crippen molar-refractivity contribution in [1.82, 2.24) is 15.2 Å². The molecule has 0 unspecified atom stereocenters. The number of nitrogens with one attached hydrogen (secondary N) is 1. The molecular weight excluding hydrogens is 496 g/mol. The number of ether oxygens (including phenoxy) is 2. The summed E-state index contributed by atoms with van der Waals surface area (Å²) in [6.07, 6.45) is 0.290. The average molecular weight is 521 g/mol. The van der Waals surface area contributed by atoms with Crippen LogP contribution in [-0.2, 0) is 4.79 Å². The van der Waals surface area contributed by atoms with E-state index in [1.165, 1.54) is 11.8 Å². The van der Waals surface area contributed by atoms with Crippen LogP contribution >= 0.6 is 23.4 Å². The van der Waals surface area contributed by atoms with E-state index in [2.05, 4.69) is 15.5 Å². The predicted octanol–water partition coefficient (Wildman–Crippen LogP) is 6.31. The fourth-order valence-electron chi connectivity index (χ4n) is 3.46. The third-order valence-corrected chi connectivity index (χ3v) is 6.75. The number of thioether (sulfide) groups is 1. The summed E-state index contributed by atoms with van der Waals surface area (Å²) in [7, 11) is 3.25. The lowest BCUT2D eigenvalue weighted by molar-refractivity contribution is -0.115. The van der Waals surface area contributed by atoms with Gasteiger partial charge in [-0.05, 0) is 73.2 Å². The van der Waals surface area contributed by atoms with Crippen molar-refractivity contribution in [3.05, 3.63) is 77.3 Å². The number of benzene rings is 3. The first-order valence-corrected chi connectivity index (χ1v) is 12.6. The van der Waals surface area contributed by atoms with Crippen molar-refractivity contribution >= 4 is 35.0 Å². The van der Waals surface area contributed by atoms with Gasteiger partial charge in [0.15, 0.2) is 0 Å². The summed E-state index contributed by atoms with van der Waals surface area (Å²) in [6, 6.07) is 20.7. The van der Waals surface area contributed by atoms with Gasteiger partial charge in [-0.25, -0.2) is 4.98 Å². The van der Waals surface area contributed by atoms with Gasteiger partial charge < -0.3 is 14.8 Å². The van der Waals surface area contributed by atoms with Crippen LogP contribution in [-0.4, -0.2) is 41.1 Å². The lowest BCUT2D eigenvalue weighted by Crippen LogP contribution is -2.13. The Hall–Kier alpha value is -3.62. The smallest absolute Gasteiger partial charge is 0.225 e. The Labute approximate surface area is 219 Å². The third-order valence-electron chi connectivity index (χ3n) is 5.50. The zero-order chi connectivity index (χ0) is 25.5. The Bertz CT molecular complexity index is 1350. The lowest BCUT2D eigenvalue weighted by atomic mass is 10.0. The molecule has 0 spiro atoms. The molecule has 0 atom stereocenters. The molecule has 0 fully saturated rings. The number of rotatable bonds is 9. The number of nitrogens with zero attached hydrogens (tertiary/aromatic N) is 3. The highest BCUT2D eigenvalue weighted by Gasteiger charge is 2.15. The Morgan fingerprint density at radius 2 is 1.50 bits per heavy atom. The Balaban J connectivity index is 1.52. The van der Waals surface area contributed by atoms with Gasteiger partial charge in [0.25, 0.3) is 0 Å². The standard InChI is InChI=1S/C27H25ClN4O3S/c1-17-22(28)5-4-6-23(17)29-24(33)15-16-36-27-30-25(18-7-11-20(34-2)12-8-18)26(31-32-27)19-9-13-21(35-3)14-10-19/h4-14H,15-16H2,1-3H3,(H,29,33).